The Balaban J connectivity index is 2.99. The van der Waals surface area contributed by atoms with E-state index in [1.807, 2.05) is 39.0 Å². The molecule has 1 rings (SSSR count). The normalized spacial score (nSPS) is 12.5. The first-order valence-electron chi connectivity index (χ1n) is 5.89. The highest BCUT2D eigenvalue weighted by atomic mass is 16.5. The van der Waals surface area contributed by atoms with Gasteiger partial charge in [0, 0.05) is 0 Å². The van der Waals surface area contributed by atoms with E-state index in [-0.39, 0.29) is 6.10 Å². The van der Waals surface area contributed by atoms with Gasteiger partial charge in [0.1, 0.15) is 5.75 Å². The largest absolute Gasteiger partial charge is 0.491 e. The second kappa shape index (κ2) is 5.71. The Labute approximate surface area is 102 Å². The highest BCUT2D eigenvalue weighted by molar-refractivity contribution is 5.70. The number of aryl methyl sites for hydroxylation is 1. The molecule has 0 aliphatic heterocycles. The topological polar surface area (TPSA) is 46.5 Å². The Morgan fingerprint density at radius 2 is 2.00 bits per heavy atom. The zero-order valence-corrected chi connectivity index (χ0v) is 10.9. The summed E-state index contributed by atoms with van der Waals surface area (Å²) in [6.07, 6.45) is 0.597. The van der Waals surface area contributed by atoms with Crippen LogP contribution in [0.5, 0.6) is 5.75 Å². The highest BCUT2D eigenvalue weighted by Crippen LogP contribution is 2.26. The summed E-state index contributed by atoms with van der Waals surface area (Å²) in [6.45, 7) is 7.63. The molecule has 1 N–H and O–H groups in total. The Morgan fingerprint density at radius 3 is 2.53 bits per heavy atom. The van der Waals surface area contributed by atoms with Crippen LogP contribution in [0.1, 0.15) is 31.9 Å². The lowest BCUT2D eigenvalue weighted by Crippen LogP contribution is -2.15. The molecule has 0 heterocycles. The molecule has 0 aromatic heterocycles. The molecule has 0 aliphatic rings. The maximum atomic E-state index is 10.9. The van der Waals surface area contributed by atoms with Crippen LogP contribution in [0, 0.1) is 12.8 Å². The van der Waals surface area contributed by atoms with Crippen LogP contribution in [0.25, 0.3) is 0 Å². The highest BCUT2D eigenvalue weighted by Gasteiger charge is 2.16. The van der Waals surface area contributed by atoms with Gasteiger partial charge in [-0.2, -0.15) is 0 Å². The van der Waals surface area contributed by atoms with E-state index in [4.69, 9.17) is 9.84 Å². The van der Waals surface area contributed by atoms with Crippen molar-refractivity contribution in [3.8, 4) is 5.75 Å². The van der Waals surface area contributed by atoms with Crippen LogP contribution >= 0.6 is 0 Å². The molecular weight excluding hydrogens is 216 g/mol. The van der Waals surface area contributed by atoms with Gasteiger partial charge in [-0.25, -0.2) is 0 Å². The van der Waals surface area contributed by atoms with Crippen molar-refractivity contribution in [1.82, 2.24) is 0 Å². The van der Waals surface area contributed by atoms with Gasteiger partial charge >= 0.3 is 5.97 Å². The summed E-state index contributed by atoms with van der Waals surface area (Å²) >= 11 is 0. The van der Waals surface area contributed by atoms with Crippen molar-refractivity contribution >= 4 is 5.97 Å². The smallest absolute Gasteiger partial charge is 0.306 e. The number of aliphatic carboxylic acids is 1. The van der Waals surface area contributed by atoms with Crippen LogP contribution in [0.2, 0.25) is 0 Å². The Morgan fingerprint density at radius 1 is 1.35 bits per heavy atom. The summed E-state index contributed by atoms with van der Waals surface area (Å²) in [5.74, 6) is -0.373. The van der Waals surface area contributed by atoms with Crippen LogP contribution in [0.4, 0.5) is 0 Å². The molecular formula is C14H20O3. The minimum Gasteiger partial charge on any atom is -0.491 e. The van der Waals surface area contributed by atoms with Crippen molar-refractivity contribution < 1.29 is 14.6 Å². The lowest BCUT2D eigenvalue weighted by Gasteiger charge is -2.17. The van der Waals surface area contributed by atoms with E-state index in [0.717, 1.165) is 16.9 Å². The summed E-state index contributed by atoms with van der Waals surface area (Å²) in [5.41, 5.74) is 2.08. The van der Waals surface area contributed by atoms with Crippen LogP contribution < -0.4 is 4.74 Å². The SMILES string of the molecule is Cc1cccc(OC(C)C)c1CC(C)C(=O)O. The summed E-state index contributed by atoms with van der Waals surface area (Å²) in [6, 6.07) is 5.82. The van der Waals surface area contributed by atoms with Gasteiger partial charge in [0.15, 0.2) is 0 Å². The molecule has 0 radical (unpaired) electrons. The Bertz CT molecular complexity index is 396. The summed E-state index contributed by atoms with van der Waals surface area (Å²) in [7, 11) is 0. The second-order valence-corrected chi connectivity index (χ2v) is 4.66. The quantitative estimate of drug-likeness (QED) is 0.854. The predicted molar refractivity (Wildman–Crippen MR) is 67.4 cm³/mol. The van der Waals surface area contributed by atoms with Crippen molar-refractivity contribution in [2.45, 2.75) is 40.2 Å². The van der Waals surface area contributed by atoms with E-state index >= 15 is 0 Å². The van der Waals surface area contributed by atoms with Gasteiger partial charge in [-0.15, -0.1) is 0 Å². The van der Waals surface area contributed by atoms with Crippen LogP contribution in [0.15, 0.2) is 18.2 Å². The summed E-state index contributed by atoms with van der Waals surface area (Å²) < 4.78 is 5.71. The van der Waals surface area contributed by atoms with Crippen LogP contribution in [0.3, 0.4) is 0 Å². The number of carboxylic acid groups (broad SMARTS) is 1. The van der Waals surface area contributed by atoms with Gasteiger partial charge in [0.2, 0.25) is 0 Å². The first kappa shape index (κ1) is 13.6. The van der Waals surface area contributed by atoms with Crippen molar-refractivity contribution in [1.29, 1.82) is 0 Å². The predicted octanol–water partition coefficient (Wildman–Crippen LogP) is 3.05. The maximum absolute atomic E-state index is 10.9. The number of carboxylic acids is 1. The third kappa shape index (κ3) is 3.77. The molecule has 0 bridgehead atoms. The molecule has 1 atom stereocenters. The fourth-order valence-electron chi connectivity index (χ4n) is 1.69. The molecule has 0 aliphatic carbocycles. The molecule has 1 unspecified atom stereocenters. The van der Waals surface area contributed by atoms with Crippen LogP contribution in [-0.2, 0) is 11.2 Å². The average molecular weight is 236 g/mol. The summed E-state index contributed by atoms with van der Waals surface area (Å²) in [5, 5.41) is 8.97. The average Bonchev–Trinajstić information content (AvgIpc) is 2.22. The molecule has 0 spiro atoms. The zero-order chi connectivity index (χ0) is 13.0. The number of carbonyl (C=O) groups is 1. The standard InChI is InChI=1S/C14H20O3/c1-9(2)17-13-7-5-6-10(3)12(13)8-11(4)14(15)16/h5-7,9,11H,8H2,1-4H3,(H,15,16). The van der Waals surface area contributed by atoms with Gasteiger partial charge in [0.05, 0.1) is 12.0 Å². The number of benzene rings is 1. The molecule has 3 heteroatoms. The molecule has 1 aromatic carbocycles. The third-order valence-electron chi connectivity index (χ3n) is 2.66. The van der Waals surface area contributed by atoms with Gasteiger partial charge in [0.25, 0.3) is 0 Å². The molecule has 0 fully saturated rings. The molecule has 0 saturated carbocycles. The van der Waals surface area contributed by atoms with Crippen molar-refractivity contribution in [2.75, 3.05) is 0 Å². The maximum Gasteiger partial charge on any atom is 0.306 e. The fourth-order valence-corrected chi connectivity index (χ4v) is 1.69. The lowest BCUT2D eigenvalue weighted by atomic mass is 9.96. The minimum absolute atomic E-state index is 0.0932. The number of hydrogen-bond donors (Lipinski definition) is 1. The fraction of sp³-hybridized carbons (Fsp3) is 0.500. The van der Waals surface area contributed by atoms with Gasteiger partial charge in [-0.3, -0.25) is 4.79 Å². The Hall–Kier alpha value is -1.51. The Kier molecular flexibility index (Phi) is 4.55. The number of rotatable bonds is 5. The van der Waals surface area contributed by atoms with E-state index in [0.29, 0.717) is 6.42 Å². The van der Waals surface area contributed by atoms with E-state index in [9.17, 15) is 4.79 Å². The molecule has 0 amide bonds. The number of hydrogen-bond acceptors (Lipinski definition) is 2. The van der Waals surface area contributed by atoms with E-state index in [1.54, 1.807) is 6.92 Å². The van der Waals surface area contributed by atoms with Crippen molar-refractivity contribution in [3.05, 3.63) is 29.3 Å². The molecule has 94 valence electrons. The summed E-state index contributed by atoms with van der Waals surface area (Å²) in [4.78, 5) is 10.9. The van der Waals surface area contributed by atoms with Crippen molar-refractivity contribution in [2.24, 2.45) is 5.92 Å². The van der Waals surface area contributed by atoms with Gasteiger partial charge < -0.3 is 9.84 Å². The van der Waals surface area contributed by atoms with E-state index in [1.165, 1.54) is 0 Å². The van der Waals surface area contributed by atoms with Crippen molar-refractivity contribution in [3.63, 3.8) is 0 Å². The van der Waals surface area contributed by atoms with E-state index in [2.05, 4.69) is 0 Å². The molecule has 17 heavy (non-hydrogen) atoms. The molecule has 0 saturated heterocycles. The minimum atomic E-state index is -0.774. The van der Waals surface area contributed by atoms with E-state index < -0.39 is 11.9 Å². The first-order chi connectivity index (χ1) is 7.91. The zero-order valence-electron chi connectivity index (χ0n) is 10.9. The lowest BCUT2D eigenvalue weighted by molar-refractivity contribution is -0.141. The van der Waals surface area contributed by atoms with Crippen LogP contribution in [-0.4, -0.2) is 17.2 Å². The van der Waals surface area contributed by atoms with Gasteiger partial charge in [-0.1, -0.05) is 19.1 Å². The molecule has 3 nitrogen and oxygen atoms in total. The monoisotopic (exact) mass is 236 g/mol. The third-order valence-corrected chi connectivity index (χ3v) is 2.66. The first-order valence-corrected chi connectivity index (χ1v) is 5.89. The molecule has 1 aromatic rings. The second-order valence-electron chi connectivity index (χ2n) is 4.66. The van der Waals surface area contributed by atoms with Gasteiger partial charge in [-0.05, 0) is 44.4 Å². The number of ether oxygens (including phenoxy) is 1.